The monoisotopic (exact) mass is 305 g/mol. The van der Waals surface area contributed by atoms with Crippen molar-refractivity contribution in [1.82, 2.24) is 15.6 Å². The van der Waals surface area contributed by atoms with Crippen LogP contribution >= 0.6 is 0 Å². The smallest absolute Gasteiger partial charge is 0.315 e. The molecule has 1 aromatic rings. The van der Waals surface area contributed by atoms with Gasteiger partial charge in [0.1, 0.15) is 6.10 Å². The van der Waals surface area contributed by atoms with Gasteiger partial charge in [0.15, 0.2) is 0 Å². The Labute approximate surface area is 130 Å². The zero-order valence-electron chi connectivity index (χ0n) is 12.7. The quantitative estimate of drug-likeness (QED) is 0.893. The van der Waals surface area contributed by atoms with Gasteiger partial charge in [-0.1, -0.05) is 0 Å². The van der Waals surface area contributed by atoms with Crippen LogP contribution in [0.1, 0.15) is 37.4 Å². The number of aromatic nitrogens is 1. The Bertz CT molecular complexity index is 477. The van der Waals surface area contributed by atoms with Gasteiger partial charge in [-0.3, -0.25) is 4.98 Å². The van der Waals surface area contributed by atoms with Crippen molar-refractivity contribution in [2.45, 2.75) is 43.9 Å². The number of pyridine rings is 1. The van der Waals surface area contributed by atoms with Gasteiger partial charge in [-0.15, -0.1) is 0 Å². The molecule has 2 N–H and O–H groups in total. The molecule has 2 fully saturated rings. The highest BCUT2D eigenvalue weighted by Crippen LogP contribution is 2.28. The molecule has 0 aromatic carbocycles. The summed E-state index contributed by atoms with van der Waals surface area (Å²) in [6.07, 6.45) is 7.05. The van der Waals surface area contributed by atoms with Gasteiger partial charge in [0.05, 0.1) is 6.04 Å². The van der Waals surface area contributed by atoms with Crippen LogP contribution in [-0.2, 0) is 9.47 Å². The summed E-state index contributed by atoms with van der Waals surface area (Å²) < 4.78 is 11.2. The Hall–Kier alpha value is -1.66. The highest BCUT2D eigenvalue weighted by Gasteiger charge is 2.29. The van der Waals surface area contributed by atoms with Crippen molar-refractivity contribution in [2.24, 2.45) is 0 Å². The molecular formula is C16H23N3O3. The second kappa shape index (κ2) is 7.56. The first-order chi connectivity index (χ1) is 10.8. The highest BCUT2D eigenvalue weighted by molar-refractivity contribution is 5.74. The van der Waals surface area contributed by atoms with Gasteiger partial charge in [0.25, 0.3) is 0 Å². The van der Waals surface area contributed by atoms with Gasteiger partial charge in [0, 0.05) is 38.3 Å². The molecule has 2 saturated heterocycles. The molecule has 120 valence electrons. The molecule has 1 aromatic heterocycles. The molecule has 6 heteroatoms. The van der Waals surface area contributed by atoms with E-state index >= 15 is 0 Å². The van der Waals surface area contributed by atoms with Crippen LogP contribution in [0.4, 0.5) is 4.79 Å². The van der Waals surface area contributed by atoms with Crippen molar-refractivity contribution in [3.8, 4) is 0 Å². The normalized spacial score (nSPS) is 26.4. The second-order valence-electron chi connectivity index (χ2n) is 5.83. The number of carbonyl (C=O) groups excluding carboxylic acids is 1. The van der Waals surface area contributed by atoms with E-state index in [1.165, 1.54) is 0 Å². The number of hydrogen-bond donors (Lipinski definition) is 2. The van der Waals surface area contributed by atoms with Crippen molar-refractivity contribution in [2.75, 3.05) is 19.8 Å². The first-order valence-corrected chi connectivity index (χ1v) is 7.99. The van der Waals surface area contributed by atoms with Gasteiger partial charge in [-0.2, -0.15) is 0 Å². The third-order valence-corrected chi connectivity index (χ3v) is 4.23. The van der Waals surface area contributed by atoms with Gasteiger partial charge < -0.3 is 20.1 Å². The number of hydrogen-bond acceptors (Lipinski definition) is 4. The van der Waals surface area contributed by atoms with E-state index in [4.69, 9.17) is 9.47 Å². The van der Waals surface area contributed by atoms with E-state index in [0.29, 0.717) is 0 Å². The minimum Gasteiger partial charge on any atom is -0.381 e. The highest BCUT2D eigenvalue weighted by atomic mass is 16.5. The zero-order chi connectivity index (χ0) is 15.2. The maximum absolute atomic E-state index is 12.2. The maximum Gasteiger partial charge on any atom is 0.315 e. The van der Waals surface area contributed by atoms with Crippen LogP contribution in [0.5, 0.6) is 0 Å². The molecule has 2 aliphatic heterocycles. The van der Waals surface area contributed by atoms with Crippen LogP contribution in [0.15, 0.2) is 24.5 Å². The van der Waals surface area contributed by atoms with E-state index in [2.05, 4.69) is 15.6 Å². The van der Waals surface area contributed by atoms with Gasteiger partial charge >= 0.3 is 6.03 Å². The molecular weight excluding hydrogens is 282 g/mol. The molecule has 2 atom stereocenters. The first-order valence-electron chi connectivity index (χ1n) is 7.99. The molecule has 0 spiro atoms. The largest absolute Gasteiger partial charge is 0.381 e. The molecule has 22 heavy (non-hydrogen) atoms. The van der Waals surface area contributed by atoms with Crippen LogP contribution in [0, 0.1) is 0 Å². The first kappa shape index (κ1) is 15.2. The summed E-state index contributed by atoms with van der Waals surface area (Å²) >= 11 is 0. The molecule has 6 nitrogen and oxygen atoms in total. The molecule has 3 heterocycles. The standard InChI is InChI=1S/C16H23N3O3/c20-16(18-13-5-10-21-11-6-13)19-14-2-1-9-22-15(14)12-3-7-17-8-4-12/h3-4,7-8,13-15H,1-2,5-6,9-11H2,(H2,18,19,20)/t14-,15+/m0/s1. The number of carbonyl (C=O) groups is 1. The fourth-order valence-electron chi connectivity index (χ4n) is 3.05. The van der Waals surface area contributed by atoms with E-state index in [-0.39, 0.29) is 24.2 Å². The Balaban J connectivity index is 1.58. The number of ether oxygens (including phenoxy) is 2. The van der Waals surface area contributed by atoms with Crippen molar-refractivity contribution < 1.29 is 14.3 Å². The van der Waals surface area contributed by atoms with Crippen LogP contribution in [0.3, 0.4) is 0 Å². The zero-order valence-corrected chi connectivity index (χ0v) is 12.7. The minimum absolute atomic E-state index is 0.00371. The van der Waals surface area contributed by atoms with Crippen molar-refractivity contribution in [3.05, 3.63) is 30.1 Å². The van der Waals surface area contributed by atoms with E-state index in [1.54, 1.807) is 12.4 Å². The summed E-state index contributed by atoms with van der Waals surface area (Å²) in [5.74, 6) is 0. The molecule has 0 saturated carbocycles. The number of urea groups is 1. The van der Waals surface area contributed by atoms with E-state index in [1.807, 2.05) is 12.1 Å². The molecule has 2 aliphatic rings. The van der Waals surface area contributed by atoms with Crippen LogP contribution in [-0.4, -0.2) is 42.9 Å². The minimum atomic E-state index is -0.110. The lowest BCUT2D eigenvalue weighted by Crippen LogP contribution is -2.50. The Morgan fingerprint density at radius 3 is 2.64 bits per heavy atom. The lowest BCUT2D eigenvalue weighted by atomic mass is 9.97. The Morgan fingerprint density at radius 1 is 1.09 bits per heavy atom. The lowest BCUT2D eigenvalue weighted by Gasteiger charge is -2.33. The average molecular weight is 305 g/mol. The molecule has 2 amide bonds. The molecule has 0 radical (unpaired) electrons. The average Bonchev–Trinajstić information content (AvgIpc) is 2.57. The summed E-state index contributed by atoms with van der Waals surface area (Å²) in [6.45, 7) is 2.17. The third kappa shape index (κ3) is 3.96. The number of amides is 2. The third-order valence-electron chi connectivity index (χ3n) is 4.23. The predicted molar refractivity (Wildman–Crippen MR) is 81.5 cm³/mol. The van der Waals surface area contributed by atoms with Crippen LogP contribution in [0.2, 0.25) is 0 Å². The number of rotatable bonds is 3. The van der Waals surface area contributed by atoms with E-state index < -0.39 is 0 Å². The fourth-order valence-corrected chi connectivity index (χ4v) is 3.05. The van der Waals surface area contributed by atoms with E-state index in [9.17, 15) is 4.79 Å². The van der Waals surface area contributed by atoms with Gasteiger partial charge in [-0.05, 0) is 43.4 Å². The summed E-state index contributed by atoms with van der Waals surface area (Å²) in [7, 11) is 0. The summed E-state index contributed by atoms with van der Waals surface area (Å²) in [5, 5.41) is 6.12. The summed E-state index contributed by atoms with van der Waals surface area (Å²) in [5.41, 5.74) is 1.06. The van der Waals surface area contributed by atoms with Gasteiger partial charge in [0.2, 0.25) is 0 Å². The topological polar surface area (TPSA) is 72.5 Å². The van der Waals surface area contributed by atoms with Crippen LogP contribution in [0.25, 0.3) is 0 Å². The van der Waals surface area contributed by atoms with Crippen molar-refractivity contribution >= 4 is 6.03 Å². The maximum atomic E-state index is 12.2. The molecule has 3 rings (SSSR count). The molecule has 0 aliphatic carbocycles. The Kier molecular flexibility index (Phi) is 5.24. The second-order valence-corrected chi connectivity index (χ2v) is 5.83. The summed E-state index contributed by atoms with van der Waals surface area (Å²) in [4.78, 5) is 16.3. The summed E-state index contributed by atoms with van der Waals surface area (Å²) in [6, 6.07) is 3.98. The number of nitrogens with one attached hydrogen (secondary N) is 2. The van der Waals surface area contributed by atoms with E-state index in [0.717, 1.165) is 51.1 Å². The van der Waals surface area contributed by atoms with Gasteiger partial charge in [-0.25, -0.2) is 4.79 Å². The predicted octanol–water partition coefficient (Wildman–Crippen LogP) is 1.78. The number of nitrogens with zero attached hydrogens (tertiary/aromatic N) is 1. The molecule has 0 bridgehead atoms. The fraction of sp³-hybridized carbons (Fsp3) is 0.625. The van der Waals surface area contributed by atoms with Crippen molar-refractivity contribution in [3.63, 3.8) is 0 Å². The Morgan fingerprint density at radius 2 is 1.86 bits per heavy atom. The SMILES string of the molecule is O=C(NC1CCOCC1)N[C@H]1CCCO[C@@H]1c1ccncc1. The van der Waals surface area contributed by atoms with Crippen molar-refractivity contribution in [1.29, 1.82) is 0 Å². The molecule has 0 unspecified atom stereocenters. The lowest BCUT2D eigenvalue weighted by molar-refractivity contribution is -0.00775. The van der Waals surface area contributed by atoms with Crippen LogP contribution < -0.4 is 10.6 Å².